The van der Waals surface area contributed by atoms with Gasteiger partial charge in [-0.2, -0.15) is 0 Å². The summed E-state index contributed by atoms with van der Waals surface area (Å²) in [6.45, 7) is 5.70. The third kappa shape index (κ3) is 2.56. The molecule has 4 heteroatoms. The smallest absolute Gasteiger partial charge is 0.0951 e. The van der Waals surface area contributed by atoms with Crippen LogP contribution in [0.2, 0.25) is 0 Å². The Bertz CT molecular complexity index is 590. The Morgan fingerprint density at radius 2 is 2.10 bits per heavy atom. The minimum atomic E-state index is 0.557. The summed E-state index contributed by atoms with van der Waals surface area (Å²) in [6.07, 6.45) is 4.45. The van der Waals surface area contributed by atoms with Crippen LogP contribution in [0, 0.1) is 0 Å². The highest BCUT2D eigenvalue weighted by atomic mass is 15.2. The number of hydrogen-bond acceptors (Lipinski definition) is 4. The highest BCUT2D eigenvalue weighted by Crippen LogP contribution is 2.26. The van der Waals surface area contributed by atoms with Crippen molar-refractivity contribution in [3.8, 4) is 0 Å². The van der Waals surface area contributed by atoms with E-state index in [1.165, 1.54) is 25.9 Å². The number of hydrogen-bond donors (Lipinski definition) is 2. The van der Waals surface area contributed by atoms with Crippen LogP contribution in [-0.4, -0.2) is 35.6 Å². The Balaban J connectivity index is 1.76. The molecule has 0 bridgehead atoms. The second-order valence-corrected chi connectivity index (χ2v) is 5.57. The summed E-state index contributed by atoms with van der Waals surface area (Å²) in [6, 6.07) is 8.56. The molecule has 0 saturated carbocycles. The summed E-state index contributed by atoms with van der Waals surface area (Å²) < 4.78 is 0. The Hall–Kier alpha value is -1.81. The van der Waals surface area contributed by atoms with Gasteiger partial charge in [0.05, 0.1) is 11.2 Å². The van der Waals surface area contributed by atoms with Gasteiger partial charge in [-0.25, -0.2) is 0 Å². The molecule has 1 fully saturated rings. The molecule has 1 unspecified atom stereocenters. The summed E-state index contributed by atoms with van der Waals surface area (Å²) in [5.74, 6) is 0. The SMILES string of the molecule is CC(CNc1ccc(N)c2ncccc12)N1CCCC1. The Labute approximate surface area is 120 Å². The molecule has 2 aromatic rings. The molecule has 0 amide bonds. The standard InChI is InChI=1S/C16H22N4/c1-12(20-9-2-3-10-20)11-19-15-7-6-14(17)16-13(15)5-4-8-18-16/h4-8,12,19H,2-3,9-11,17H2,1H3. The summed E-state index contributed by atoms with van der Waals surface area (Å²) in [4.78, 5) is 6.92. The van der Waals surface area contributed by atoms with Gasteiger partial charge in [0, 0.05) is 29.9 Å². The minimum Gasteiger partial charge on any atom is -0.397 e. The van der Waals surface area contributed by atoms with Crippen LogP contribution >= 0.6 is 0 Å². The van der Waals surface area contributed by atoms with E-state index < -0.39 is 0 Å². The molecular weight excluding hydrogens is 248 g/mol. The van der Waals surface area contributed by atoms with Crippen molar-refractivity contribution >= 4 is 22.3 Å². The monoisotopic (exact) mass is 270 g/mol. The molecule has 1 aliphatic rings. The number of nitrogens with one attached hydrogen (secondary N) is 1. The summed E-state index contributed by atoms with van der Waals surface area (Å²) in [5, 5.41) is 4.65. The number of benzene rings is 1. The molecule has 3 rings (SSSR count). The van der Waals surface area contributed by atoms with E-state index in [9.17, 15) is 0 Å². The number of anilines is 2. The quantitative estimate of drug-likeness (QED) is 0.839. The van der Waals surface area contributed by atoms with Gasteiger partial charge in [-0.15, -0.1) is 0 Å². The van der Waals surface area contributed by atoms with Gasteiger partial charge in [-0.1, -0.05) is 0 Å². The zero-order valence-corrected chi connectivity index (χ0v) is 12.0. The van der Waals surface area contributed by atoms with Crippen molar-refractivity contribution < 1.29 is 0 Å². The van der Waals surface area contributed by atoms with E-state index >= 15 is 0 Å². The van der Waals surface area contributed by atoms with Crippen molar-refractivity contribution in [2.24, 2.45) is 0 Å². The van der Waals surface area contributed by atoms with Crippen molar-refractivity contribution in [1.29, 1.82) is 0 Å². The van der Waals surface area contributed by atoms with E-state index in [-0.39, 0.29) is 0 Å². The first-order valence-electron chi connectivity index (χ1n) is 7.37. The molecule has 106 valence electrons. The van der Waals surface area contributed by atoms with Crippen LogP contribution in [0.3, 0.4) is 0 Å². The number of likely N-dealkylation sites (tertiary alicyclic amines) is 1. The maximum absolute atomic E-state index is 5.98. The topological polar surface area (TPSA) is 54.2 Å². The first-order chi connectivity index (χ1) is 9.75. The number of pyridine rings is 1. The molecule has 0 aliphatic carbocycles. The van der Waals surface area contributed by atoms with Gasteiger partial charge in [0.15, 0.2) is 0 Å². The molecule has 1 atom stereocenters. The van der Waals surface area contributed by atoms with Gasteiger partial charge in [0.25, 0.3) is 0 Å². The summed E-state index contributed by atoms with van der Waals surface area (Å²) in [7, 11) is 0. The highest BCUT2D eigenvalue weighted by Gasteiger charge is 2.17. The molecule has 1 aliphatic heterocycles. The molecule has 1 saturated heterocycles. The van der Waals surface area contributed by atoms with Crippen LogP contribution in [0.4, 0.5) is 11.4 Å². The fourth-order valence-corrected chi connectivity index (χ4v) is 2.92. The van der Waals surface area contributed by atoms with Gasteiger partial charge in [-0.3, -0.25) is 9.88 Å². The Morgan fingerprint density at radius 1 is 1.30 bits per heavy atom. The van der Waals surface area contributed by atoms with Crippen molar-refractivity contribution in [2.75, 3.05) is 30.7 Å². The average molecular weight is 270 g/mol. The molecule has 20 heavy (non-hydrogen) atoms. The summed E-state index contributed by atoms with van der Waals surface area (Å²) >= 11 is 0. The maximum atomic E-state index is 5.98. The number of nitrogen functional groups attached to an aromatic ring is 1. The third-order valence-electron chi connectivity index (χ3n) is 4.15. The average Bonchev–Trinajstić information content (AvgIpc) is 3.01. The second-order valence-electron chi connectivity index (χ2n) is 5.57. The van der Waals surface area contributed by atoms with Crippen LogP contribution < -0.4 is 11.1 Å². The van der Waals surface area contributed by atoms with Gasteiger partial charge in [0.1, 0.15) is 0 Å². The van der Waals surface area contributed by atoms with E-state index in [0.29, 0.717) is 6.04 Å². The fraction of sp³-hybridized carbons (Fsp3) is 0.438. The van der Waals surface area contributed by atoms with Gasteiger partial charge < -0.3 is 11.1 Å². The lowest BCUT2D eigenvalue weighted by Crippen LogP contribution is -2.35. The van der Waals surface area contributed by atoms with Crippen molar-refractivity contribution in [2.45, 2.75) is 25.8 Å². The molecule has 4 nitrogen and oxygen atoms in total. The first kappa shape index (κ1) is 13.2. The predicted octanol–water partition coefficient (Wildman–Crippen LogP) is 2.71. The zero-order chi connectivity index (χ0) is 13.9. The minimum absolute atomic E-state index is 0.557. The van der Waals surface area contributed by atoms with E-state index in [1.54, 1.807) is 6.20 Å². The van der Waals surface area contributed by atoms with Gasteiger partial charge in [0.2, 0.25) is 0 Å². The largest absolute Gasteiger partial charge is 0.397 e. The van der Waals surface area contributed by atoms with Crippen LogP contribution in [-0.2, 0) is 0 Å². The van der Waals surface area contributed by atoms with Gasteiger partial charge in [-0.05, 0) is 57.1 Å². The number of nitrogens with zero attached hydrogens (tertiary/aromatic N) is 2. The van der Waals surface area contributed by atoms with E-state index in [2.05, 4.69) is 34.3 Å². The number of rotatable bonds is 4. The van der Waals surface area contributed by atoms with E-state index in [4.69, 9.17) is 5.73 Å². The highest BCUT2D eigenvalue weighted by molar-refractivity contribution is 5.98. The van der Waals surface area contributed by atoms with Crippen molar-refractivity contribution in [3.05, 3.63) is 30.5 Å². The normalized spacial score (nSPS) is 17.4. The van der Waals surface area contributed by atoms with Crippen LogP contribution in [0.1, 0.15) is 19.8 Å². The van der Waals surface area contributed by atoms with Crippen LogP contribution in [0.15, 0.2) is 30.5 Å². The number of aromatic nitrogens is 1. The molecule has 3 N–H and O–H groups in total. The van der Waals surface area contributed by atoms with Crippen LogP contribution in [0.5, 0.6) is 0 Å². The van der Waals surface area contributed by atoms with Crippen molar-refractivity contribution in [3.63, 3.8) is 0 Å². The maximum Gasteiger partial charge on any atom is 0.0951 e. The molecule has 0 radical (unpaired) electrons. The lowest BCUT2D eigenvalue weighted by atomic mass is 10.1. The van der Waals surface area contributed by atoms with E-state index in [1.807, 2.05) is 12.1 Å². The van der Waals surface area contributed by atoms with Gasteiger partial charge >= 0.3 is 0 Å². The molecule has 2 heterocycles. The first-order valence-corrected chi connectivity index (χ1v) is 7.37. The molecular formula is C16H22N4. The molecule has 0 spiro atoms. The lowest BCUT2D eigenvalue weighted by Gasteiger charge is -2.24. The second kappa shape index (κ2) is 5.67. The number of nitrogens with two attached hydrogens (primary N) is 1. The van der Waals surface area contributed by atoms with E-state index in [0.717, 1.165) is 28.8 Å². The van der Waals surface area contributed by atoms with Crippen molar-refractivity contribution in [1.82, 2.24) is 9.88 Å². The number of fused-ring (bicyclic) bond motifs is 1. The third-order valence-corrected chi connectivity index (χ3v) is 4.15. The fourth-order valence-electron chi connectivity index (χ4n) is 2.92. The molecule has 1 aromatic carbocycles. The summed E-state index contributed by atoms with van der Waals surface area (Å²) in [5.41, 5.74) is 8.72. The predicted molar refractivity (Wildman–Crippen MR) is 84.9 cm³/mol. The van der Waals surface area contributed by atoms with Crippen LogP contribution in [0.25, 0.3) is 10.9 Å². The molecule has 1 aromatic heterocycles. The Kier molecular flexibility index (Phi) is 3.74. The lowest BCUT2D eigenvalue weighted by molar-refractivity contribution is 0.269. The Morgan fingerprint density at radius 3 is 2.90 bits per heavy atom. The zero-order valence-electron chi connectivity index (χ0n) is 12.0.